The van der Waals surface area contributed by atoms with E-state index in [4.69, 9.17) is 0 Å². The number of hydrogen-bond donors (Lipinski definition) is 0. The van der Waals surface area contributed by atoms with E-state index in [2.05, 4.69) is 4.42 Å². The van der Waals surface area contributed by atoms with Crippen molar-refractivity contribution in [2.75, 3.05) is 0 Å². The molecule has 1 aromatic heterocycles. The molecule has 0 amide bonds. The maximum Gasteiger partial charge on any atom is 0.460 e. The van der Waals surface area contributed by atoms with Gasteiger partial charge in [0.15, 0.2) is 0 Å². The van der Waals surface area contributed by atoms with Gasteiger partial charge in [0.2, 0.25) is 0 Å². The Bertz CT molecular complexity index is 1040. The van der Waals surface area contributed by atoms with Gasteiger partial charge in [-0.1, -0.05) is 18.2 Å². The Morgan fingerprint density at radius 3 is 1.72 bits per heavy atom. The zero-order valence-electron chi connectivity index (χ0n) is 15.0. The van der Waals surface area contributed by atoms with Crippen LogP contribution in [-0.2, 0) is 6.42 Å². The lowest BCUT2D eigenvalue weighted by Gasteiger charge is -2.39. The normalized spacial score (nSPS) is 14.8. The van der Waals surface area contributed by atoms with Gasteiger partial charge in [-0.25, -0.2) is 4.79 Å². The topological polar surface area (TPSA) is 30.2 Å². The van der Waals surface area contributed by atoms with Crippen molar-refractivity contribution < 1.29 is 61.5 Å². The van der Waals surface area contributed by atoms with Gasteiger partial charge in [0.05, 0.1) is 5.39 Å². The van der Waals surface area contributed by atoms with E-state index in [9.17, 15) is 61.9 Å². The lowest BCUT2D eigenvalue weighted by Crippen LogP contribution is -2.70. The molecule has 0 radical (unpaired) electrons. The maximum atomic E-state index is 13.8. The summed E-state index contributed by atoms with van der Waals surface area (Å²) in [6, 6.07) is 6.05. The molecule has 180 valence electrons. The lowest BCUT2D eigenvalue weighted by molar-refractivity contribution is -0.440. The van der Waals surface area contributed by atoms with Crippen LogP contribution in [0.3, 0.4) is 0 Å². The van der Waals surface area contributed by atoms with Crippen molar-refractivity contribution in [2.24, 2.45) is 0 Å². The minimum absolute atomic E-state index is 0.0375. The average molecular weight is 492 g/mol. The molecule has 0 fully saturated rings. The highest BCUT2D eigenvalue weighted by atomic mass is 19.4. The fourth-order valence-electron chi connectivity index (χ4n) is 2.55. The largest absolute Gasteiger partial charge is 0.460 e. The molecule has 0 saturated carbocycles. The van der Waals surface area contributed by atoms with Crippen molar-refractivity contribution in [1.29, 1.82) is 0 Å². The summed E-state index contributed by atoms with van der Waals surface area (Å²) in [5, 5.41) is -0.0515. The fourth-order valence-corrected chi connectivity index (χ4v) is 2.55. The highest BCUT2D eigenvalue weighted by Gasteiger charge is 2.90. The highest BCUT2D eigenvalue weighted by molar-refractivity contribution is 5.81. The quantitative estimate of drug-likeness (QED) is 0.415. The number of hydrogen-bond acceptors (Lipinski definition) is 2. The first kappa shape index (κ1) is 25.8. The van der Waals surface area contributed by atoms with Crippen molar-refractivity contribution in [3.05, 3.63) is 46.5 Å². The van der Waals surface area contributed by atoms with E-state index in [0.717, 1.165) is 6.07 Å². The Balaban J connectivity index is 2.38. The summed E-state index contributed by atoms with van der Waals surface area (Å²) >= 11 is 0. The van der Waals surface area contributed by atoms with Crippen molar-refractivity contribution in [3.63, 3.8) is 0 Å². The standard InChI is InChI=1S/C17H9F13O2/c18-12(19,6-5-9-7-8-3-1-2-4-10(8)11(31)32-9)13(20,21)14(22,23)15(24,25)16(26,27)17(28,29)30/h1-4,7H,5-6H2. The molecule has 32 heavy (non-hydrogen) atoms. The minimum Gasteiger partial charge on any atom is -0.427 e. The van der Waals surface area contributed by atoms with Crippen LogP contribution in [0.4, 0.5) is 57.1 Å². The third kappa shape index (κ3) is 3.78. The molecule has 0 unspecified atom stereocenters. The molecule has 0 aliphatic rings. The first-order chi connectivity index (χ1) is 14.2. The van der Waals surface area contributed by atoms with Gasteiger partial charge in [-0.2, -0.15) is 57.1 Å². The summed E-state index contributed by atoms with van der Waals surface area (Å²) in [5.74, 6) is -37.9. The van der Waals surface area contributed by atoms with Gasteiger partial charge in [-0.3, -0.25) is 0 Å². The first-order valence-corrected chi connectivity index (χ1v) is 8.18. The number of fused-ring (bicyclic) bond motifs is 1. The number of aryl methyl sites for hydroxylation is 1. The maximum absolute atomic E-state index is 13.8. The van der Waals surface area contributed by atoms with Gasteiger partial charge < -0.3 is 4.42 Å². The molecule has 0 saturated heterocycles. The Labute approximate surface area is 168 Å². The summed E-state index contributed by atoms with van der Waals surface area (Å²) in [6.45, 7) is 0. The van der Waals surface area contributed by atoms with E-state index in [0.29, 0.717) is 0 Å². The molecule has 0 spiro atoms. The number of halogens is 13. The van der Waals surface area contributed by atoms with Crippen LogP contribution in [0.5, 0.6) is 0 Å². The average Bonchev–Trinajstić information content (AvgIpc) is 2.65. The Morgan fingerprint density at radius 2 is 1.19 bits per heavy atom. The molecule has 2 rings (SSSR count). The van der Waals surface area contributed by atoms with Gasteiger partial charge in [0.1, 0.15) is 5.76 Å². The van der Waals surface area contributed by atoms with Gasteiger partial charge in [-0.05, 0) is 17.5 Å². The van der Waals surface area contributed by atoms with Crippen LogP contribution in [0.1, 0.15) is 12.2 Å². The monoisotopic (exact) mass is 492 g/mol. The molecule has 1 aromatic carbocycles. The Morgan fingerprint density at radius 1 is 0.688 bits per heavy atom. The van der Waals surface area contributed by atoms with Crippen LogP contribution in [0.2, 0.25) is 0 Å². The Hall–Kier alpha value is -2.48. The van der Waals surface area contributed by atoms with Crippen molar-refractivity contribution in [2.45, 2.75) is 48.6 Å². The van der Waals surface area contributed by atoms with Crippen molar-refractivity contribution in [3.8, 4) is 0 Å². The van der Waals surface area contributed by atoms with E-state index in [1.807, 2.05) is 0 Å². The molecule has 1 heterocycles. The van der Waals surface area contributed by atoms with Crippen LogP contribution >= 0.6 is 0 Å². The van der Waals surface area contributed by atoms with E-state index in [-0.39, 0.29) is 10.8 Å². The zero-order chi connectivity index (χ0) is 25.0. The summed E-state index contributed by atoms with van der Waals surface area (Å²) in [4.78, 5) is 11.7. The van der Waals surface area contributed by atoms with E-state index in [1.54, 1.807) is 0 Å². The zero-order valence-corrected chi connectivity index (χ0v) is 15.0. The van der Waals surface area contributed by atoms with Crippen LogP contribution in [0.25, 0.3) is 10.8 Å². The van der Waals surface area contributed by atoms with Gasteiger partial charge in [0, 0.05) is 12.8 Å². The summed E-state index contributed by atoms with van der Waals surface area (Å²) in [6.07, 6.45) is -11.4. The number of benzene rings is 1. The van der Waals surface area contributed by atoms with Crippen LogP contribution in [-0.4, -0.2) is 35.8 Å². The number of rotatable bonds is 7. The summed E-state index contributed by atoms with van der Waals surface area (Å²) < 4.78 is 174. The second-order valence-electron chi connectivity index (χ2n) is 6.59. The molecule has 2 nitrogen and oxygen atoms in total. The smallest absolute Gasteiger partial charge is 0.427 e. The van der Waals surface area contributed by atoms with Crippen LogP contribution in [0, 0.1) is 0 Å². The molecule has 0 atom stereocenters. The Kier molecular flexibility index (Phi) is 6.07. The first-order valence-electron chi connectivity index (χ1n) is 8.18. The molecule has 0 aliphatic carbocycles. The van der Waals surface area contributed by atoms with Crippen LogP contribution < -0.4 is 5.63 Å². The second-order valence-corrected chi connectivity index (χ2v) is 6.59. The molecular formula is C17H9F13O2. The fraction of sp³-hybridized carbons (Fsp3) is 0.471. The summed E-state index contributed by atoms with van der Waals surface area (Å²) in [5.41, 5.74) is -1.16. The van der Waals surface area contributed by atoms with Gasteiger partial charge in [-0.15, -0.1) is 0 Å². The van der Waals surface area contributed by atoms with Crippen molar-refractivity contribution >= 4 is 10.8 Å². The second kappa shape index (κ2) is 7.54. The lowest BCUT2D eigenvalue weighted by atomic mass is 9.91. The third-order valence-corrected chi connectivity index (χ3v) is 4.40. The minimum atomic E-state index is -7.94. The molecule has 0 bridgehead atoms. The highest BCUT2D eigenvalue weighted by Crippen LogP contribution is 2.60. The predicted octanol–water partition coefficient (Wildman–Crippen LogP) is 6.46. The third-order valence-electron chi connectivity index (χ3n) is 4.40. The van der Waals surface area contributed by atoms with Crippen molar-refractivity contribution in [1.82, 2.24) is 0 Å². The molecular weight excluding hydrogens is 483 g/mol. The molecule has 0 aliphatic heterocycles. The number of alkyl halides is 13. The molecule has 0 N–H and O–H groups in total. The SMILES string of the molecule is O=c1oc(CCC(F)(F)C(F)(F)C(F)(F)C(F)(F)C(F)(F)C(F)(F)F)cc2ccccc12. The predicted molar refractivity (Wildman–Crippen MR) is 81.6 cm³/mol. The summed E-state index contributed by atoms with van der Waals surface area (Å²) in [7, 11) is 0. The van der Waals surface area contributed by atoms with E-state index < -0.39 is 60.0 Å². The van der Waals surface area contributed by atoms with Crippen LogP contribution in [0.15, 0.2) is 39.5 Å². The van der Waals surface area contributed by atoms with E-state index >= 15 is 0 Å². The molecule has 15 heteroatoms. The van der Waals surface area contributed by atoms with Gasteiger partial charge >= 0.3 is 41.4 Å². The molecule has 2 aromatic rings. The van der Waals surface area contributed by atoms with E-state index in [1.165, 1.54) is 24.3 Å². The van der Waals surface area contributed by atoms with Gasteiger partial charge in [0.25, 0.3) is 0 Å².